The highest BCUT2D eigenvalue weighted by atomic mass is 35.5. The first-order valence-electron chi connectivity index (χ1n) is 6.19. The zero-order valence-electron chi connectivity index (χ0n) is 10.6. The van der Waals surface area contributed by atoms with Crippen molar-refractivity contribution in [3.8, 4) is 5.75 Å². The first-order chi connectivity index (χ1) is 7.66. The van der Waals surface area contributed by atoms with Crippen LogP contribution in [0, 0.1) is 5.92 Å². The first kappa shape index (κ1) is 14.3. The van der Waals surface area contributed by atoms with Gasteiger partial charge < -0.3 is 10.5 Å². The van der Waals surface area contributed by atoms with E-state index in [1.165, 1.54) is 24.8 Å². The van der Waals surface area contributed by atoms with Crippen molar-refractivity contribution in [3.63, 3.8) is 0 Å². The van der Waals surface area contributed by atoms with E-state index in [0.717, 1.165) is 5.75 Å². The third kappa shape index (κ3) is 3.62. The molecule has 2 N–H and O–H groups in total. The lowest BCUT2D eigenvalue weighted by Gasteiger charge is -2.31. The smallest absolute Gasteiger partial charge is 0.119 e. The zero-order valence-corrected chi connectivity index (χ0v) is 11.4. The largest absolute Gasteiger partial charge is 0.491 e. The van der Waals surface area contributed by atoms with E-state index >= 15 is 0 Å². The molecule has 1 fully saturated rings. The predicted molar refractivity (Wildman–Crippen MR) is 73.7 cm³/mol. The molecule has 0 aliphatic heterocycles. The summed E-state index contributed by atoms with van der Waals surface area (Å²) in [6.07, 6.45) is 4.13. The van der Waals surface area contributed by atoms with Crippen molar-refractivity contribution < 1.29 is 4.74 Å². The van der Waals surface area contributed by atoms with Crippen molar-refractivity contribution in [1.82, 2.24) is 0 Å². The summed E-state index contributed by atoms with van der Waals surface area (Å²) in [5, 5.41) is 0. The summed E-state index contributed by atoms with van der Waals surface area (Å²) < 4.78 is 5.61. The molecule has 1 aromatic carbocycles. The second kappa shape index (κ2) is 6.27. The molecule has 17 heavy (non-hydrogen) atoms. The van der Waals surface area contributed by atoms with E-state index in [-0.39, 0.29) is 24.6 Å². The molecule has 1 aliphatic carbocycles. The number of hydrogen-bond donors (Lipinski definition) is 1. The van der Waals surface area contributed by atoms with Gasteiger partial charge in [-0.1, -0.05) is 18.6 Å². The van der Waals surface area contributed by atoms with E-state index < -0.39 is 0 Å². The highest BCUT2D eigenvalue weighted by Crippen LogP contribution is 2.36. The number of benzene rings is 1. The minimum absolute atomic E-state index is 0. The molecule has 0 radical (unpaired) electrons. The number of halogens is 1. The van der Waals surface area contributed by atoms with Crippen LogP contribution in [-0.4, -0.2) is 6.10 Å². The molecule has 2 rings (SSSR count). The van der Waals surface area contributed by atoms with Crippen LogP contribution in [0.3, 0.4) is 0 Å². The monoisotopic (exact) mass is 255 g/mol. The quantitative estimate of drug-likeness (QED) is 0.891. The minimum Gasteiger partial charge on any atom is -0.491 e. The molecule has 0 unspecified atom stereocenters. The van der Waals surface area contributed by atoms with Gasteiger partial charge in [-0.25, -0.2) is 0 Å². The lowest BCUT2D eigenvalue weighted by Crippen LogP contribution is -2.26. The topological polar surface area (TPSA) is 35.2 Å². The van der Waals surface area contributed by atoms with Crippen molar-refractivity contribution in [1.29, 1.82) is 0 Å². The van der Waals surface area contributed by atoms with Crippen LogP contribution in [0.1, 0.15) is 44.7 Å². The van der Waals surface area contributed by atoms with Gasteiger partial charge in [-0.15, -0.1) is 12.4 Å². The van der Waals surface area contributed by atoms with Gasteiger partial charge in [-0.2, -0.15) is 0 Å². The van der Waals surface area contributed by atoms with Gasteiger partial charge in [-0.3, -0.25) is 0 Å². The van der Waals surface area contributed by atoms with Crippen molar-refractivity contribution in [2.24, 2.45) is 11.7 Å². The molecule has 0 amide bonds. The molecule has 0 saturated heterocycles. The third-order valence-electron chi connectivity index (χ3n) is 3.29. The fourth-order valence-corrected chi connectivity index (χ4v) is 2.11. The number of rotatable bonds is 4. The molecular formula is C14H22ClNO. The van der Waals surface area contributed by atoms with Crippen molar-refractivity contribution >= 4 is 12.4 Å². The van der Waals surface area contributed by atoms with Crippen molar-refractivity contribution in [2.75, 3.05) is 0 Å². The van der Waals surface area contributed by atoms with Crippen molar-refractivity contribution in [2.45, 2.75) is 45.3 Å². The third-order valence-corrected chi connectivity index (χ3v) is 3.29. The van der Waals surface area contributed by atoms with E-state index in [4.69, 9.17) is 10.5 Å². The molecule has 1 saturated carbocycles. The Hall–Kier alpha value is -0.730. The van der Waals surface area contributed by atoms with E-state index in [0.29, 0.717) is 5.92 Å². The average molecular weight is 256 g/mol. The van der Waals surface area contributed by atoms with Gasteiger partial charge in [0.2, 0.25) is 0 Å². The molecule has 1 aromatic rings. The van der Waals surface area contributed by atoms with Crippen LogP contribution in [0.4, 0.5) is 0 Å². The number of hydrogen-bond acceptors (Lipinski definition) is 2. The minimum atomic E-state index is 0. The Balaban J connectivity index is 0.00000144. The molecule has 0 spiro atoms. The summed E-state index contributed by atoms with van der Waals surface area (Å²) in [5.41, 5.74) is 7.45. The van der Waals surface area contributed by atoms with Gasteiger partial charge in [0.1, 0.15) is 5.75 Å². The normalized spacial score (nSPS) is 17.2. The Bertz CT molecular complexity index is 333. The number of ether oxygens (including phenoxy) is 1. The lowest BCUT2D eigenvalue weighted by molar-refractivity contribution is 0.241. The zero-order chi connectivity index (χ0) is 11.5. The SMILES string of the molecule is CC(C)Oc1ccc([C@H](N)C2CCC2)cc1.Cl. The van der Waals surface area contributed by atoms with Crippen LogP contribution >= 0.6 is 12.4 Å². The molecule has 0 heterocycles. The second-order valence-electron chi connectivity index (χ2n) is 4.95. The standard InChI is InChI=1S/C14H21NO.ClH/c1-10(2)16-13-8-6-12(7-9-13)14(15)11-4-3-5-11;/h6-11,14H,3-5,15H2,1-2H3;1H/t14-;/m1./s1. The van der Waals surface area contributed by atoms with Gasteiger partial charge in [0.15, 0.2) is 0 Å². The maximum absolute atomic E-state index is 6.21. The summed E-state index contributed by atoms with van der Waals surface area (Å²) in [5.74, 6) is 1.62. The van der Waals surface area contributed by atoms with Gasteiger partial charge in [0.05, 0.1) is 6.10 Å². The van der Waals surface area contributed by atoms with Gasteiger partial charge in [-0.05, 0) is 50.3 Å². The highest BCUT2D eigenvalue weighted by Gasteiger charge is 2.25. The van der Waals surface area contributed by atoms with Crippen molar-refractivity contribution in [3.05, 3.63) is 29.8 Å². The van der Waals surface area contributed by atoms with Crippen LogP contribution in [0.2, 0.25) is 0 Å². The maximum Gasteiger partial charge on any atom is 0.119 e. The predicted octanol–water partition coefficient (Wildman–Crippen LogP) is 3.70. The summed E-state index contributed by atoms with van der Waals surface area (Å²) in [4.78, 5) is 0. The lowest BCUT2D eigenvalue weighted by atomic mass is 9.78. The summed E-state index contributed by atoms with van der Waals surface area (Å²) >= 11 is 0. The van der Waals surface area contributed by atoms with Gasteiger partial charge >= 0.3 is 0 Å². The number of nitrogens with two attached hydrogens (primary N) is 1. The van der Waals surface area contributed by atoms with E-state index in [1.54, 1.807) is 0 Å². The van der Waals surface area contributed by atoms with Crippen LogP contribution in [0.15, 0.2) is 24.3 Å². The van der Waals surface area contributed by atoms with Gasteiger partial charge in [0, 0.05) is 6.04 Å². The molecule has 0 bridgehead atoms. The Labute approximate surface area is 110 Å². The Morgan fingerprint density at radius 2 is 1.76 bits per heavy atom. The van der Waals surface area contributed by atoms with E-state index in [9.17, 15) is 0 Å². The summed E-state index contributed by atoms with van der Waals surface area (Å²) in [6, 6.07) is 8.45. The second-order valence-corrected chi connectivity index (χ2v) is 4.95. The average Bonchev–Trinajstić information content (AvgIpc) is 2.15. The van der Waals surface area contributed by atoms with E-state index in [2.05, 4.69) is 12.1 Å². The summed E-state index contributed by atoms with van der Waals surface area (Å²) in [6.45, 7) is 4.07. The fraction of sp³-hybridized carbons (Fsp3) is 0.571. The Kier molecular flexibility index (Phi) is 5.29. The van der Waals surface area contributed by atoms with Crippen LogP contribution in [0.5, 0.6) is 5.75 Å². The van der Waals surface area contributed by atoms with Crippen LogP contribution in [0.25, 0.3) is 0 Å². The van der Waals surface area contributed by atoms with Crippen LogP contribution < -0.4 is 10.5 Å². The fourth-order valence-electron chi connectivity index (χ4n) is 2.11. The van der Waals surface area contributed by atoms with Gasteiger partial charge in [0.25, 0.3) is 0 Å². The molecule has 2 nitrogen and oxygen atoms in total. The highest BCUT2D eigenvalue weighted by molar-refractivity contribution is 5.85. The molecule has 3 heteroatoms. The molecule has 1 aliphatic rings. The summed E-state index contributed by atoms with van der Waals surface area (Å²) in [7, 11) is 0. The molecule has 0 aromatic heterocycles. The molecule has 1 atom stereocenters. The molecule has 96 valence electrons. The van der Waals surface area contributed by atoms with Crippen LogP contribution in [-0.2, 0) is 0 Å². The maximum atomic E-state index is 6.21. The molecular weight excluding hydrogens is 234 g/mol. The Morgan fingerprint density at radius 3 is 2.18 bits per heavy atom. The van der Waals surface area contributed by atoms with E-state index in [1.807, 2.05) is 26.0 Å². The first-order valence-corrected chi connectivity index (χ1v) is 6.19. The Morgan fingerprint density at radius 1 is 1.18 bits per heavy atom.